The highest BCUT2D eigenvalue weighted by Crippen LogP contribution is 2.40. The predicted molar refractivity (Wildman–Crippen MR) is 85.8 cm³/mol. The van der Waals surface area contributed by atoms with E-state index in [1.54, 1.807) is 0 Å². The van der Waals surface area contributed by atoms with Crippen LogP contribution in [-0.2, 0) is 11.2 Å². The molecule has 4 heteroatoms. The average molecular weight is 316 g/mol. The zero-order valence-corrected chi connectivity index (χ0v) is 13.7. The molecule has 20 heavy (non-hydrogen) atoms. The van der Waals surface area contributed by atoms with Gasteiger partial charge in [-0.1, -0.05) is 42.3 Å². The van der Waals surface area contributed by atoms with Gasteiger partial charge in [0, 0.05) is 18.6 Å². The third kappa shape index (κ3) is 3.48. The van der Waals surface area contributed by atoms with Crippen molar-refractivity contribution >= 4 is 23.2 Å². The van der Waals surface area contributed by atoms with Crippen molar-refractivity contribution in [2.75, 3.05) is 19.7 Å². The van der Waals surface area contributed by atoms with Gasteiger partial charge < -0.3 is 10.1 Å². The summed E-state index contributed by atoms with van der Waals surface area (Å²) in [5, 5.41) is 4.86. The summed E-state index contributed by atoms with van der Waals surface area (Å²) >= 11 is 12.5. The third-order valence-electron chi connectivity index (χ3n) is 4.31. The molecule has 1 aromatic carbocycles. The van der Waals surface area contributed by atoms with E-state index < -0.39 is 0 Å². The summed E-state index contributed by atoms with van der Waals surface area (Å²) in [7, 11) is 0. The molecule has 1 N–H and O–H groups in total. The van der Waals surface area contributed by atoms with E-state index in [9.17, 15) is 0 Å². The van der Waals surface area contributed by atoms with E-state index in [0.29, 0.717) is 10.0 Å². The molecule has 2 atom stereocenters. The van der Waals surface area contributed by atoms with Crippen molar-refractivity contribution in [1.82, 2.24) is 5.32 Å². The molecule has 2 nitrogen and oxygen atoms in total. The van der Waals surface area contributed by atoms with Crippen molar-refractivity contribution in [2.24, 2.45) is 5.41 Å². The van der Waals surface area contributed by atoms with Gasteiger partial charge in [-0.2, -0.15) is 0 Å². The van der Waals surface area contributed by atoms with Crippen molar-refractivity contribution < 1.29 is 4.74 Å². The Labute approximate surface area is 131 Å². The van der Waals surface area contributed by atoms with Crippen LogP contribution in [0.3, 0.4) is 0 Å². The highest BCUT2D eigenvalue weighted by atomic mass is 35.5. The Morgan fingerprint density at radius 2 is 2.20 bits per heavy atom. The van der Waals surface area contributed by atoms with E-state index >= 15 is 0 Å². The van der Waals surface area contributed by atoms with Gasteiger partial charge in [-0.15, -0.1) is 0 Å². The first-order valence-corrected chi connectivity index (χ1v) is 8.10. The maximum Gasteiger partial charge on any atom is 0.0624 e. The van der Waals surface area contributed by atoms with E-state index in [4.69, 9.17) is 27.9 Å². The Morgan fingerprint density at radius 1 is 1.40 bits per heavy atom. The highest BCUT2D eigenvalue weighted by molar-refractivity contribution is 6.42. The van der Waals surface area contributed by atoms with Crippen LogP contribution in [0.5, 0.6) is 0 Å². The lowest BCUT2D eigenvalue weighted by Crippen LogP contribution is -2.41. The summed E-state index contributed by atoms with van der Waals surface area (Å²) in [6, 6.07) is 5.88. The summed E-state index contributed by atoms with van der Waals surface area (Å²) in [5.74, 6) is 0. The fourth-order valence-corrected chi connectivity index (χ4v) is 3.31. The SMILES string of the molecule is CCCNCC1(Cc2cccc(Cl)c2Cl)CCOC1C. The van der Waals surface area contributed by atoms with E-state index in [0.717, 1.165) is 44.5 Å². The number of rotatable bonds is 6. The molecule has 0 bridgehead atoms. The number of nitrogens with one attached hydrogen (secondary N) is 1. The van der Waals surface area contributed by atoms with Gasteiger partial charge in [0.15, 0.2) is 0 Å². The Kier molecular flexibility index (Phi) is 5.74. The number of ether oxygens (including phenoxy) is 1. The van der Waals surface area contributed by atoms with Crippen molar-refractivity contribution in [2.45, 2.75) is 39.2 Å². The second-order valence-corrected chi connectivity index (χ2v) is 6.48. The van der Waals surface area contributed by atoms with E-state index in [1.807, 2.05) is 12.1 Å². The Morgan fingerprint density at radius 3 is 2.85 bits per heavy atom. The van der Waals surface area contributed by atoms with Crippen LogP contribution in [0.25, 0.3) is 0 Å². The molecule has 0 aromatic heterocycles. The van der Waals surface area contributed by atoms with Crippen molar-refractivity contribution in [3.63, 3.8) is 0 Å². The minimum absolute atomic E-state index is 0.115. The van der Waals surface area contributed by atoms with Gasteiger partial charge in [-0.25, -0.2) is 0 Å². The average Bonchev–Trinajstić information content (AvgIpc) is 2.77. The lowest BCUT2D eigenvalue weighted by atomic mass is 9.76. The largest absolute Gasteiger partial charge is 0.378 e. The minimum Gasteiger partial charge on any atom is -0.378 e. The van der Waals surface area contributed by atoms with Gasteiger partial charge in [0.05, 0.1) is 16.1 Å². The molecule has 1 aliphatic rings. The maximum atomic E-state index is 6.35. The third-order valence-corrected chi connectivity index (χ3v) is 5.17. The second-order valence-electron chi connectivity index (χ2n) is 5.69. The second kappa shape index (κ2) is 7.13. The molecule has 0 amide bonds. The van der Waals surface area contributed by atoms with Gasteiger partial charge in [0.1, 0.15) is 0 Å². The fraction of sp³-hybridized carbons (Fsp3) is 0.625. The fourth-order valence-electron chi connectivity index (χ4n) is 2.92. The van der Waals surface area contributed by atoms with Crippen LogP contribution in [0.15, 0.2) is 18.2 Å². The van der Waals surface area contributed by atoms with Crippen molar-refractivity contribution in [3.8, 4) is 0 Å². The summed E-state index contributed by atoms with van der Waals surface area (Å²) in [4.78, 5) is 0. The molecule has 112 valence electrons. The van der Waals surface area contributed by atoms with Gasteiger partial charge in [-0.05, 0) is 44.4 Å². The van der Waals surface area contributed by atoms with Crippen molar-refractivity contribution in [1.29, 1.82) is 0 Å². The van der Waals surface area contributed by atoms with E-state index in [-0.39, 0.29) is 11.5 Å². The predicted octanol–water partition coefficient (Wildman–Crippen LogP) is 4.33. The normalized spacial score (nSPS) is 26.1. The quantitative estimate of drug-likeness (QED) is 0.789. The number of hydrogen-bond acceptors (Lipinski definition) is 2. The van der Waals surface area contributed by atoms with E-state index in [2.05, 4.69) is 25.2 Å². The standard InChI is InChI=1S/C16H23Cl2NO/c1-3-8-19-11-16(7-9-20-12(16)2)10-13-5-4-6-14(17)15(13)18/h4-6,12,19H,3,7-11H2,1-2H3. The highest BCUT2D eigenvalue weighted by Gasteiger charge is 2.41. The minimum atomic E-state index is 0.115. The van der Waals surface area contributed by atoms with E-state index in [1.165, 1.54) is 0 Å². The molecule has 0 radical (unpaired) electrons. The first-order chi connectivity index (χ1) is 9.59. The number of hydrogen-bond donors (Lipinski definition) is 1. The monoisotopic (exact) mass is 315 g/mol. The first-order valence-electron chi connectivity index (χ1n) is 7.34. The van der Waals surface area contributed by atoms with Crippen LogP contribution in [0.2, 0.25) is 10.0 Å². The molecule has 1 heterocycles. The summed E-state index contributed by atoms with van der Waals surface area (Å²) in [6.45, 7) is 7.18. The lowest BCUT2D eigenvalue weighted by molar-refractivity contribution is 0.0631. The molecule has 1 aromatic rings. The molecular weight excluding hydrogens is 293 g/mol. The first kappa shape index (κ1) is 16.1. The summed E-state index contributed by atoms with van der Waals surface area (Å²) in [5.41, 5.74) is 1.23. The lowest BCUT2D eigenvalue weighted by Gasteiger charge is -2.33. The molecule has 0 spiro atoms. The van der Waals surface area contributed by atoms with Gasteiger partial charge in [0.25, 0.3) is 0 Å². The van der Waals surface area contributed by atoms with Gasteiger partial charge >= 0.3 is 0 Å². The van der Waals surface area contributed by atoms with Crippen LogP contribution in [0.1, 0.15) is 32.3 Å². The zero-order chi connectivity index (χ0) is 14.6. The van der Waals surface area contributed by atoms with Crippen LogP contribution >= 0.6 is 23.2 Å². The molecule has 1 aliphatic heterocycles. The Hall–Kier alpha value is -0.280. The topological polar surface area (TPSA) is 21.3 Å². The molecule has 0 aliphatic carbocycles. The summed E-state index contributed by atoms with van der Waals surface area (Å²) < 4.78 is 5.83. The molecule has 1 fully saturated rings. The van der Waals surface area contributed by atoms with Crippen molar-refractivity contribution in [3.05, 3.63) is 33.8 Å². The smallest absolute Gasteiger partial charge is 0.0624 e. The molecule has 1 saturated heterocycles. The van der Waals surface area contributed by atoms with Crippen LogP contribution in [0, 0.1) is 5.41 Å². The van der Waals surface area contributed by atoms with Crippen LogP contribution in [-0.4, -0.2) is 25.8 Å². The number of benzene rings is 1. The van der Waals surface area contributed by atoms with Crippen LogP contribution < -0.4 is 5.32 Å². The molecule has 2 rings (SSSR count). The molecular formula is C16H23Cl2NO. The Bertz CT molecular complexity index is 452. The van der Waals surface area contributed by atoms with Gasteiger partial charge in [0.2, 0.25) is 0 Å². The van der Waals surface area contributed by atoms with Gasteiger partial charge in [-0.3, -0.25) is 0 Å². The Balaban J connectivity index is 2.17. The molecule has 0 saturated carbocycles. The zero-order valence-electron chi connectivity index (χ0n) is 12.2. The summed E-state index contributed by atoms with van der Waals surface area (Å²) in [6.07, 6.45) is 3.35. The molecule has 2 unspecified atom stereocenters. The maximum absolute atomic E-state index is 6.35. The number of halogens is 2. The van der Waals surface area contributed by atoms with Crippen LogP contribution in [0.4, 0.5) is 0 Å².